The molecule has 2 rings (SSSR count). The lowest BCUT2D eigenvalue weighted by Gasteiger charge is -2.57. The summed E-state index contributed by atoms with van der Waals surface area (Å²) < 4.78 is 5.54. The van der Waals surface area contributed by atoms with E-state index in [1.54, 1.807) is 0 Å². The molecule has 0 aromatic heterocycles. The fourth-order valence-electron chi connectivity index (χ4n) is 2.65. The van der Waals surface area contributed by atoms with Crippen LogP contribution >= 0.6 is 0 Å². The van der Waals surface area contributed by atoms with Crippen molar-refractivity contribution in [2.45, 2.75) is 25.4 Å². The second kappa shape index (κ2) is 3.28. The third-order valence-electron chi connectivity index (χ3n) is 3.10. The van der Waals surface area contributed by atoms with E-state index < -0.39 is 0 Å². The predicted octanol–water partition coefficient (Wildman–Crippen LogP) is 1.01. The van der Waals surface area contributed by atoms with Crippen LogP contribution in [0.5, 0.6) is 0 Å². The van der Waals surface area contributed by atoms with Crippen LogP contribution in [0.1, 0.15) is 19.3 Å². The summed E-state index contributed by atoms with van der Waals surface area (Å²) in [5.74, 6) is 0. The first-order valence-corrected chi connectivity index (χ1v) is 4.91. The third-order valence-corrected chi connectivity index (χ3v) is 3.10. The van der Waals surface area contributed by atoms with Gasteiger partial charge in [0.15, 0.2) is 0 Å². The SMILES string of the molecule is CN1CC2(CC(OCCC#N)C2)C1. The molecule has 0 atom stereocenters. The van der Waals surface area contributed by atoms with Crippen LogP contribution < -0.4 is 0 Å². The molecule has 2 aliphatic rings. The van der Waals surface area contributed by atoms with Crippen molar-refractivity contribution >= 4 is 0 Å². The molecule has 72 valence electrons. The molecule has 3 nitrogen and oxygen atoms in total. The van der Waals surface area contributed by atoms with Gasteiger partial charge in [-0.1, -0.05) is 0 Å². The van der Waals surface area contributed by atoms with E-state index in [1.807, 2.05) is 0 Å². The summed E-state index contributed by atoms with van der Waals surface area (Å²) in [5.41, 5.74) is 0.603. The summed E-state index contributed by atoms with van der Waals surface area (Å²) in [6, 6.07) is 2.09. The van der Waals surface area contributed by atoms with Crippen molar-refractivity contribution in [2.75, 3.05) is 26.7 Å². The van der Waals surface area contributed by atoms with Crippen molar-refractivity contribution in [1.29, 1.82) is 5.26 Å². The zero-order valence-electron chi connectivity index (χ0n) is 8.12. The fraction of sp³-hybridized carbons (Fsp3) is 0.900. The van der Waals surface area contributed by atoms with E-state index in [-0.39, 0.29) is 0 Å². The molecule has 0 unspecified atom stereocenters. The lowest BCUT2D eigenvalue weighted by molar-refractivity contribution is -0.143. The van der Waals surface area contributed by atoms with E-state index in [4.69, 9.17) is 10.00 Å². The van der Waals surface area contributed by atoms with Gasteiger partial charge >= 0.3 is 0 Å². The maximum absolute atomic E-state index is 8.33. The summed E-state index contributed by atoms with van der Waals surface area (Å²) >= 11 is 0. The first kappa shape index (κ1) is 8.98. The molecular formula is C10H16N2O. The minimum absolute atomic E-state index is 0.446. The van der Waals surface area contributed by atoms with Crippen LogP contribution in [-0.4, -0.2) is 37.7 Å². The van der Waals surface area contributed by atoms with Gasteiger partial charge in [-0.25, -0.2) is 0 Å². The van der Waals surface area contributed by atoms with E-state index in [2.05, 4.69) is 18.0 Å². The number of likely N-dealkylation sites (tertiary alicyclic amines) is 1. The van der Waals surface area contributed by atoms with Gasteiger partial charge in [-0.2, -0.15) is 5.26 Å². The highest BCUT2D eigenvalue weighted by molar-refractivity contribution is 5.04. The molecule has 0 N–H and O–H groups in total. The number of ether oxygens (including phenoxy) is 1. The highest BCUT2D eigenvalue weighted by Gasteiger charge is 2.51. The van der Waals surface area contributed by atoms with Crippen LogP contribution in [0.25, 0.3) is 0 Å². The largest absolute Gasteiger partial charge is 0.377 e. The standard InChI is InChI=1S/C10H16N2O/c1-12-7-10(8-12)5-9(6-10)13-4-2-3-11/h9H,2,4-8H2,1H3. The smallest absolute Gasteiger partial charge is 0.0645 e. The summed E-state index contributed by atoms with van der Waals surface area (Å²) in [6.07, 6.45) is 3.40. The summed E-state index contributed by atoms with van der Waals surface area (Å²) in [6.45, 7) is 3.10. The molecule has 1 saturated carbocycles. The number of hydrogen-bond acceptors (Lipinski definition) is 3. The minimum atomic E-state index is 0.446. The van der Waals surface area contributed by atoms with E-state index in [9.17, 15) is 0 Å². The average Bonchev–Trinajstić information content (AvgIpc) is 1.97. The van der Waals surface area contributed by atoms with Crippen LogP contribution in [0.2, 0.25) is 0 Å². The molecule has 13 heavy (non-hydrogen) atoms. The number of hydrogen-bond donors (Lipinski definition) is 0. The van der Waals surface area contributed by atoms with Crippen molar-refractivity contribution in [3.8, 4) is 6.07 Å². The van der Waals surface area contributed by atoms with Crippen LogP contribution in [0.4, 0.5) is 0 Å². The summed E-state index contributed by atoms with van der Waals surface area (Å²) in [4.78, 5) is 2.35. The van der Waals surface area contributed by atoms with Gasteiger partial charge in [0.2, 0.25) is 0 Å². The Morgan fingerprint density at radius 1 is 1.54 bits per heavy atom. The van der Waals surface area contributed by atoms with Crippen molar-refractivity contribution < 1.29 is 4.74 Å². The van der Waals surface area contributed by atoms with Gasteiger partial charge in [-0.05, 0) is 19.9 Å². The molecule has 0 amide bonds. The van der Waals surface area contributed by atoms with Gasteiger partial charge in [0, 0.05) is 18.5 Å². The summed E-state index contributed by atoms with van der Waals surface area (Å²) in [5, 5.41) is 8.33. The molecule has 0 aromatic carbocycles. The van der Waals surface area contributed by atoms with Crippen LogP contribution in [0.15, 0.2) is 0 Å². The maximum Gasteiger partial charge on any atom is 0.0645 e. The highest BCUT2D eigenvalue weighted by Crippen LogP contribution is 2.48. The van der Waals surface area contributed by atoms with E-state index in [0.717, 1.165) is 0 Å². The summed E-state index contributed by atoms with van der Waals surface area (Å²) in [7, 11) is 2.16. The molecule has 0 radical (unpaired) electrons. The minimum Gasteiger partial charge on any atom is -0.377 e. The molecule has 1 saturated heterocycles. The predicted molar refractivity (Wildman–Crippen MR) is 49.1 cm³/mol. The van der Waals surface area contributed by atoms with E-state index in [0.29, 0.717) is 24.5 Å². The molecule has 1 spiro atoms. The molecule has 1 aliphatic heterocycles. The van der Waals surface area contributed by atoms with Gasteiger partial charge in [-0.3, -0.25) is 0 Å². The Balaban J connectivity index is 1.60. The Kier molecular flexibility index (Phi) is 2.27. The number of rotatable bonds is 3. The average molecular weight is 180 g/mol. The Labute approximate surface area is 79.3 Å². The molecule has 1 aliphatic carbocycles. The molecular weight excluding hydrogens is 164 g/mol. The lowest BCUT2D eigenvalue weighted by atomic mass is 9.62. The number of nitrogens with zero attached hydrogens (tertiary/aromatic N) is 2. The second-order valence-electron chi connectivity index (χ2n) is 4.48. The first-order chi connectivity index (χ1) is 6.24. The zero-order valence-corrected chi connectivity index (χ0v) is 8.12. The highest BCUT2D eigenvalue weighted by atomic mass is 16.5. The zero-order chi connectivity index (χ0) is 9.31. The van der Waals surface area contributed by atoms with E-state index >= 15 is 0 Å². The van der Waals surface area contributed by atoms with Gasteiger partial charge in [0.25, 0.3) is 0 Å². The van der Waals surface area contributed by atoms with Gasteiger partial charge in [-0.15, -0.1) is 0 Å². The first-order valence-electron chi connectivity index (χ1n) is 4.91. The monoisotopic (exact) mass is 180 g/mol. The van der Waals surface area contributed by atoms with Gasteiger partial charge in [0.05, 0.1) is 25.2 Å². The Hall–Kier alpha value is -0.590. The lowest BCUT2D eigenvalue weighted by Crippen LogP contribution is -2.62. The van der Waals surface area contributed by atoms with Gasteiger partial charge in [0.1, 0.15) is 0 Å². The van der Waals surface area contributed by atoms with Gasteiger partial charge < -0.3 is 9.64 Å². The van der Waals surface area contributed by atoms with Crippen molar-refractivity contribution in [3.63, 3.8) is 0 Å². The van der Waals surface area contributed by atoms with Crippen LogP contribution in [0.3, 0.4) is 0 Å². The normalized spacial score (nSPS) is 26.5. The van der Waals surface area contributed by atoms with Crippen molar-refractivity contribution in [3.05, 3.63) is 0 Å². The third kappa shape index (κ3) is 1.70. The topological polar surface area (TPSA) is 36.3 Å². The Bertz CT molecular complexity index is 220. The second-order valence-corrected chi connectivity index (χ2v) is 4.48. The molecule has 0 aromatic rings. The van der Waals surface area contributed by atoms with Crippen molar-refractivity contribution in [2.24, 2.45) is 5.41 Å². The molecule has 1 heterocycles. The molecule has 3 heteroatoms. The van der Waals surface area contributed by atoms with Crippen LogP contribution in [0, 0.1) is 16.7 Å². The molecule has 2 fully saturated rings. The molecule has 0 bridgehead atoms. The Morgan fingerprint density at radius 2 is 2.23 bits per heavy atom. The van der Waals surface area contributed by atoms with Crippen LogP contribution in [-0.2, 0) is 4.74 Å². The number of nitriles is 1. The maximum atomic E-state index is 8.33. The fourth-order valence-corrected chi connectivity index (χ4v) is 2.65. The quantitative estimate of drug-likeness (QED) is 0.608. The Morgan fingerprint density at radius 3 is 2.77 bits per heavy atom. The van der Waals surface area contributed by atoms with Crippen molar-refractivity contribution in [1.82, 2.24) is 4.90 Å². The van der Waals surface area contributed by atoms with E-state index in [1.165, 1.54) is 25.9 Å².